The molecule has 2 N–H and O–H groups in total. The zero-order valence-electron chi connectivity index (χ0n) is 10.7. The van der Waals surface area contributed by atoms with Crippen molar-refractivity contribution >= 4 is 12.0 Å². The van der Waals surface area contributed by atoms with Crippen LogP contribution in [0.4, 0.5) is 0 Å². The molecular weight excluding hydrogens is 256 g/mol. The Morgan fingerprint density at radius 3 is 2.55 bits per heavy atom. The number of carboxylic acids is 1. The van der Waals surface area contributed by atoms with Gasteiger partial charge in [-0.25, -0.2) is 4.79 Å². The second-order valence-corrected chi connectivity index (χ2v) is 4.23. The summed E-state index contributed by atoms with van der Waals surface area (Å²) < 4.78 is 5.01. The van der Waals surface area contributed by atoms with Crippen LogP contribution in [0.5, 0.6) is 0 Å². The Morgan fingerprint density at radius 2 is 1.95 bits per heavy atom. The third kappa shape index (κ3) is 3.46. The Kier molecular flexibility index (Phi) is 4.17. The van der Waals surface area contributed by atoms with Crippen LogP contribution >= 0.6 is 0 Å². The highest BCUT2D eigenvalue weighted by molar-refractivity contribution is 5.83. The van der Waals surface area contributed by atoms with E-state index in [1.165, 1.54) is 6.08 Å². The van der Waals surface area contributed by atoms with Gasteiger partial charge >= 0.3 is 5.97 Å². The molecule has 0 heterocycles. The lowest BCUT2D eigenvalue weighted by molar-refractivity contribution is -0.135. The predicted octanol–water partition coefficient (Wildman–Crippen LogP) is 2.50. The van der Waals surface area contributed by atoms with E-state index in [0.717, 1.165) is 5.56 Å². The summed E-state index contributed by atoms with van der Waals surface area (Å²) in [5.41, 5.74) is 1.67. The SMILES string of the molecule is C=C(OC1=CC(O)C(=Cc2ccccc2)C=C1)C(=O)O. The first-order chi connectivity index (χ1) is 9.56. The number of allylic oxidation sites excluding steroid dienone is 1. The van der Waals surface area contributed by atoms with Crippen molar-refractivity contribution in [2.75, 3.05) is 0 Å². The fourth-order valence-corrected chi connectivity index (χ4v) is 1.71. The number of ether oxygens (including phenoxy) is 1. The molecule has 0 saturated carbocycles. The number of aliphatic hydroxyl groups excluding tert-OH is 1. The molecule has 1 aromatic rings. The van der Waals surface area contributed by atoms with E-state index in [2.05, 4.69) is 6.58 Å². The van der Waals surface area contributed by atoms with Crippen LogP contribution in [0.1, 0.15) is 5.56 Å². The van der Waals surface area contributed by atoms with Gasteiger partial charge in [0.15, 0.2) is 0 Å². The van der Waals surface area contributed by atoms with Gasteiger partial charge in [0.05, 0.1) is 0 Å². The number of hydrogen-bond acceptors (Lipinski definition) is 3. The first-order valence-corrected chi connectivity index (χ1v) is 6.01. The van der Waals surface area contributed by atoms with E-state index in [4.69, 9.17) is 9.84 Å². The summed E-state index contributed by atoms with van der Waals surface area (Å²) in [5, 5.41) is 18.7. The number of rotatable bonds is 4. The van der Waals surface area contributed by atoms with Crippen LogP contribution in [-0.4, -0.2) is 22.3 Å². The number of aliphatic carboxylic acids is 1. The molecule has 0 amide bonds. The molecule has 20 heavy (non-hydrogen) atoms. The van der Waals surface area contributed by atoms with Crippen LogP contribution in [0.3, 0.4) is 0 Å². The van der Waals surface area contributed by atoms with Gasteiger partial charge in [-0.2, -0.15) is 0 Å². The topological polar surface area (TPSA) is 66.8 Å². The minimum atomic E-state index is -1.24. The molecule has 1 aromatic carbocycles. The highest BCUT2D eigenvalue weighted by Crippen LogP contribution is 2.21. The number of hydrogen-bond donors (Lipinski definition) is 2. The Balaban J connectivity index is 2.12. The van der Waals surface area contributed by atoms with Crippen molar-refractivity contribution < 1.29 is 19.7 Å². The van der Waals surface area contributed by atoms with Gasteiger partial charge in [0.1, 0.15) is 11.9 Å². The summed E-state index contributed by atoms with van der Waals surface area (Å²) >= 11 is 0. The summed E-state index contributed by atoms with van der Waals surface area (Å²) in [6, 6.07) is 9.59. The molecule has 4 heteroatoms. The van der Waals surface area contributed by atoms with Crippen molar-refractivity contribution in [3.05, 3.63) is 77.8 Å². The molecule has 1 aliphatic rings. The van der Waals surface area contributed by atoms with E-state index in [-0.39, 0.29) is 11.5 Å². The van der Waals surface area contributed by atoms with Gasteiger partial charge in [-0.05, 0) is 35.9 Å². The summed E-state index contributed by atoms with van der Waals surface area (Å²) in [6.45, 7) is 3.27. The third-order valence-corrected chi connectivity index (χ3v) is 2.72. The largest absolute Gasteiger partial charge is 0.475 e. The predicted molar refractivity (Wildman–Crippen MR) is 75.5 cm³/mol. The van der Waals surface area contributed by atoms with Gasteiger partial charge in [-0.3, -0.25) is 0 Å². The maximum atomic E-state index is 10.6. The van der Waals surface area contributed by atoms with Crippen LogP contribution in [-0.2, 0) is 9.53 Å². The average molecular weight is 270 g/mol. The third-order valence-electron chi connectivity index (χ3n) is 2.72. The first-order valence-electron chi connectivity index (χ1n) is 6.01. The zero-order valence-corrected chi connectivity index (χ0v) is 10.7. The van der Waals surface area contributed by atoms with Gasteiger partial charge in [0.2, 0.25) is 5.76 Å². The van der Waals surface area contributed by atoms with E-state index in [0.29, 0.717) is 5.57 Å². The second kappa shape index (κ2) is 6.04. The van der Waals surface area contributed by atoms with E-state index >= 15 is 0 Å². The molecule has 0 aromatic heterocycles. The lowest BCUT2D eigenvalue weighted by atomic mass is 10.0. The highest BCUT2D eigenvalue weighted by Gasteiger charge is 2.15. The van der Waals surface area contributed by atoms with Crippen molar-refractivity contribution in [1.29, 1.82) is 0 Å². The summed E-state index contributed by atoms with van der Waals surface area (Å²) in [4.78, 5) is 10.6. The Bertz CT molecular complexity index is 609. The van der Waals surface area contributed by atoms with Gasteiger partial charge in [-0.15, -0.1) is 0 Å². The molecule has 1 atom stereocenters. The zero-order chi connectivity index (χ0) is 14.5. The smallest absolute Gasteiger partial charge is 0.371 e. The van der Waals surface area contributed by atoms with Gasteiger partial charge in [0.25, 0.3) is 0 Å². The molecule has 2 rings (SSSR count). The van der Waals surface area contributed by atoms with Crippen LogP contribution < -0.4 is 0 Å². The lowest BCUT2D eigenvalue weighted by Gasteiger charge is -2.15. The molecule has 4 nitrogen and oxygen atoms in total. The maximum Gasteiger partial charge on any atom is 0.371 e. The second-order valence-electron chi connectivity index (χ2n) is 4.23. The monoisotopic (exact) mass is 270 g/mol. The highest BCUT2D eigenvalue weighted by atomic mass is 16.5. The van der Waals surface area contributed by atoms with Crippen molar-refractivity contribution in [2.45, 2.75) is 6.10 Å². The van der Waals surface area contributed by atoms with E-state index in [9.17, 15) is 9.90 Å². The fourth-order valence-electron chi connectivity index (χ4n) is 1.71. The molecule has 1 aliphatic carbocycles. The van der Waals surface area contributed by atoms with Crippen LogP contribution in [0, 0.1) is 0 Å². The first kappa shape index (κ1) is 13.8. The van der Waals surface area contributed by atoms with Crippen LogP contribution in [0.15, 0.2) is 72.2 Å². The van der Waals surface area contributed by atoms with Crippen molar-refractivity contribution in [1.82, 2.24) is 0 Å². The molecule has 0 radical (unpaired) electrons. The molecular formula is C16H14O4. The molecule has 0 fully saturated rings. The quantitative estimate of drug-likeness (QED) is 0.651. The van der Waals surface area contributed by atoms with Gasteiger partial charge < -0.3 is 14.9 Å². The maximum absolute atomic E-state index is 10.6. The molecule has 1 unspecified atom stereocenters. The van der Waals surface area contributed by atoms with Gasteiger partial charge in [-0.1, -0.05) is 36.4 Å². The number of benzene rings is 1. The summed E-state index contributed by atoms with van der Waals surface area (Å²) in [6.07, 6.45) is 5.71. The minimum absolute atomic E-state index is 0.259. The molecule has 102 valence electrons. The van der Waals surface area contributed by atoms with Crippen molar-refractivity contribution in [3.63, 3.8) is 0 Å². The molecule has 0 saturated heterocycles. The fraction of sp³-hybridized carbons (Fsp3) is 0.0625. The van der Waals surface area contributed by atoms with E-state index < -0.39 is 12.1 Å². The molecule has 0 bridgehead atoms. The summed E-state index contributed by atoms with van der Waals surface area (Å²) in [7, 11) is 0. The average Bonchev–Trinajstić information content (AvgIpc) is 2.43. The van der Waals surface area contributed by atoms with E-state index in [1.54, 1.807) is 12.2 Å². The van der Waals surface area contributed by atoms with Crippen LogP contribution in [0.2, 0.25) is 0 Å². The standard InChI is InChI=1S/C16H14O4/c1-11(16(18)19)20-14-8-7-13(15(17)10-14)9-12-5-3-2-4-6-12/h2-10,15,17H,1H2,(H,18,19). The Labute approximate surface area is 116 Å². The number of carbonyl (C=O) groups is 1. The molecule has 0 aliphatic heterocycles. The normalized spacial score (nSPS) is 19.6. The summed E-state index contributed by atoms with van der Waals surface area (Å²) in [5.74, 6) is -1.36. The van der Waals surface area contributed by atoms with Crippen molar-refractivity contribution in [2.24, 2.45) is 0 Å². The Hall–Kier alpha value is -2.59. The Morgan fingerprint density at radius 1 is 1.25 bits per heavy atom. The van der Waals surface area contributed by atoms with Gasteiger partial charge in [0, 0.05) is 0 Å². The van der Waals surface area contributed by atoms with Crippen molar-refractivity contribution in [3.8, 4) is 0 Å². The lowest BCUT2D eigenvalue weighted by Crippen LogP contribution is -2.12. The minimum Gasteiger partial charge on any atom is -0.475 e. The van der Waals surface area contributed by atoms with Crippen LogP contribution in [0.25, 0.3) is 6.08 Å². The number of carboxylic acid groups (broad SMARTS) is 1. The van der Waals surface area contributed by atoms with E-state index in [1.807, 2.05) is 36.4 Å². The number of aliphatic hydroxyl groups is 1. The molecule has 0 spiro atoms.